The van der Waals surface area contributed by atoms with Crippen molar-refractivity contribution < 1.29 is 4.74 Å². The first-order valence-electron chi connectivity index (χ1n) is 12.5. The van der Waals surface area contributed by atoms with E-state index >= 15 is 0 Å². The van der Waals surface area contributed by atoms with Gasteiger partial charge in [-0.2, -0.15) is 8.75 Å². The third kappa shape index (κ3) is 6.95. The molecule has 0 aliphatic carbocycles. The normalized spacial score (nSPS) is 11.5. The van der Waals surface area contributed by atoms with Gasteiger partial charge in [0.2, 0.25) is 0 Å². The van der Waals surface area contributed by atoms with Crippen LogP contribution < -0.4 is 4.74 Å². The Morgan fingerprint density at radius 1 is 0.714 bits per heavy atom. The van der Waals surface area contributed by atoms with E-state index in [1.807, 2.05) is 0 Å². The number of thiophene rings is 2. The van der Waals surface area contributed by atoms with E-state index in [1.54, 1.807) is 22.7 Å². The van der Waals surface area contributed by atoms with Crippen molar-refractivity contribution in [3.63, 3.8) is 0 Å². The molecular formula is C27H32Br2N2OS3. The van der Waals surface area contributed by atoms with Gasteiger partial charge in [0, 0.05) is 20.9 Å². The van der Waals surface area contributed by atoms with E-state index in [0.29, 0.717) is 0 Å². The third-order valence-electron chi connectivity index (χ3n) is 6.29. The number of nitrogens with zero attached hydrogens (tertiary/aromatic N) is 2. The maximum Gasteiger partial charge on any atom is 0.133 e. The molecule has 188 valence electrons. The largest absolute Gasteiger partial charge is 0.493 e. The van der Waals surface area contributed by atoms with Crippen LogP contribution >= 0.6 is 66.3 Å². The van der Waals surface area contributed by atoms with Gasteiger partial charge in [-0.15, -0.1) is 22.7 Å². The molecule has 0 aliphatic heterocycles. The van der Waals surface area contributed by atoms with Crippen molar-refractivity contribution in [1.82, 2.24) is 8.75 Å². The molecule has 1 aromatic carbocycles. The van der Waals surface area contributed by atoms with Gasteiger partial charge < -0.3 is 4.74 Å². The van der Waals surface area contributed by atoms with Crippen LogP contribution in [0.5, 0.6) is 5.75 Å². The molecule has 3 aromatic heterocycles. The topological polar surface area (TPSA) is 35.0 Å². The quantitative estimate of drug-likeness (QED) is 0.127. The highest BCUT2D eigenvalue weighted by Gasteiger charge is 2.25. The summed E-state index contributed by atoms with van der Waals surface area (Å²) in [5.41, 5.74) is 5.27. The number of rotatable bonds is 14. The van der Waals surface area contributed by atoms with E-state index < -0.39 is 0 Å². The van der Waals surface area contributed by atoms with Crippen LogP contribution in [-0.4, -0.2) is 15.4 Å². The minimum absolute atomic E-state index is 0.730. The van der Waals surface area contributed by atoms with Gasteiger partial charge in [-0.05, 0) is 69.5 Å². The lowest BCUT2D eigenvalue weighted by molar-refractivity contribution is 0.304. The highest BCUT2D eigenvalue weighted by atomic mass is 79.9. The molecular weight excluding hydrogens is 624 g/mol. The van der Waals surface area contributed by atoms with Gasteiger partial charge in [0.1, 0.15) is 16.8 Å². The summed E-state index contributed by atoms with van der Waals surface area (Å²) in [6, 6.07) is 8.50. The SMILES string of the molecule is CCCCCCCCCCCCOc1c(C)c(-c2ccc(Br)s2)c2nsnc2c1-c1ccc(Br)s1. The van der Waals surface area contributed by atoms with Crippen molar-refractivity contribution in [2.45, 2.75) is 78.1 Å². The Balaban J connectivity index is 1.49. The summed E-state index contributed by atoms with van der Waals surface area (Å²) in [6.45, 7) is 5.18. The second-order valence-corrected chi connectivity index (χ2v) is 14.4. The van der Waals surface area contributed by atoms with Crippen molar-refractivity contribution in [1.29, 1.82) is 0 Å². The summed E-state index contributed by atoms with van der Waals surface area (Å²) in [4.78, 5) is 2.35. The first-order valence-corrected chi connectivity index (χ1v) is 16.5. The number of ether oxygens (including phenoxy) is 1. The fraction of sp³-hybridized carbons (Fsp3) is 0.481. The second kappa shape index (κ2) is 13.7. The fourth-order valence-corrected chi connectivity index (χ4v) is 7.95. The zero-order valence-corrected chi connectivity index (χ0v) is 26.0. The lowest BCUT2D eigenvalue weighted by Crippen LogP contribution is -2.02. The van der Waals surface area contributed by atoms with E-state index in [1.165, 1.54) is 74.4 Å². The molecule has 0 N–H and O–H groups in total. The molecule has 3 nitrogen and oxygen atoms in total. The maximum atomic E-state index is 6.57. The van der Waals surface area contributed by atoms with Gasteiger partial charge in [0.25, 0.3) is 0 Å². The molecule has 0 fully saturated rings. The van der Waals surface area contributed by atoms with Crippen LogP contribution in [0.2, 0.25) is 0 Å². The number of aromatic nitrogens is 2. The average molecular weight is 657 g/mol. The number of halogens is 2. The summed E-state index contributed by atoms with van der Waals surface area (Å²) in [7, 11) is 0. The van der Waals surface area contributed by atoms with Crippen molar-refractivity contribution >= 4 is 77.3 Å². The zero-order valence-electron chi connectivity index (χ0n) is 20.4. The smallest absolute Gasteiger partial charge is 0.133 e. The van der Waals surface area contributed by atoms with E-state index in [2.05, 4.69) is 70.0 Å². The Labute approximate surface area is 237 Å². The van der Waals surface area contributed by atoms with Crippen LogP contribution in [-0.2, 0) is 0 Å². The molecule has 0 saturated heterocycles. The number of fused-ring (bicyclic) bond motifs is 1. The number of hydrogen-bond donors (Lipinski definition) is 0. The van der Waals surface area contributed by atoms with E-state index in [0.717, 1.165) is 59.0 Å². The predicted octanol–water partition coefficient (Wildman–Crippen LogP) is 11.3. The minimum atomic E-state index is 0.730. The van der Waals surface area contributed by atoms with Crippen LogP contribution in [0.3, 0.4) is 0 Å². The lowest BCUT2D eigenvalue weighted by Gasteiger charge is -2.17. The summed E-state index contributed by atoms with van der Waals surface area (Å²) in [5, 5.41) is 0. The van der Waals surface area contributed by atoms with Gasteiger partial charge in [0.15, 0.2) is 0 Å². The number of hydrogen-bond acceptors (Lipinski definition) is 6. The first-order chi connectivity index (χ1) is 17.1. The summed E-state index contributed by atoms with van der Waals surface area (Å²) in [6.07, 6.45) is 13.2. The van der Waals surface area contributed by atoms with Gasteiger partial charge in [-0.1, -0.05) is 64.7 Å². The van der Waals surface area contributed by atoms with E-state index in [9.17, 15) is 0 Å². The molecule has 0 bridgehead atoms. The average Bonchev–Trinajstić information content (AvgIpc) is 3.59. The molecule has 0 unspecified atom stereocenters. The molecule has 0 amide bonds. The Morgan fingerprint density at radius 3 is 1.77 bits per heavy atom. The number of unbranched alkanes of at least 4 members (excludes halogenated alkanes) is 9. The first kappa shape index (κ1) is 27.2. The van der Waals surface area contributed by atoms with Crippen molar-refractivity contribution in [2.75, 3.05) is 6.61 Å². The zero-order chi connectivity index (χ0) is 24.6. The number of benzene rings is 1. The molecule has 4 aromatic rings. The van der Waals surface area contributed by atoms with Crippen molar-refractivity contribution in [3.05, 3.63) is 37.4 Å². The predicted molar refractivity (Wildman–Crippen MR) is 162 cm³/mol. The molecule has 0 saturated carbocycles. The van der Waals surface area contributed by atoms with Crippen LogP contribution in [0, 0.1) is 6.92 Å². The van der Waals surface area contributed by atoms with Crippen LogP contribution in [0.1, 0.15) is 76.7 Å². The van der Waals surface area contributed by atoms with E-state index in [4.69, 9.17) is 13.5 Å². The van der Waals surface area contributed by atoms with Crippen LogP contribution in [0.15, 0.2) is 31.8 Å². The van der Waals surface area contributed by atoms with Crippen molar-refractivity contribution in [3.8, 4) is 26.6 Å². The van der Waals surface area contributed by atoms with Gasteiger partial charge in [0.05, 0.1) is 31.5 Å². The highest BCUT2D eigenvalue weighted by molar-refractivity contribution is 9.11. The molecule has 0 radical (unpaired) electrons. The summed E-state index contributed by atoms with van der Waals surface area (Å²) in [5.74, 6) is 0.954. The van der Waals surface area contributed by atoms with E-state index in [-0.39, 0.29) is 0 Å². The summed E-state index contributed by atoms with van der Waals surface area (Å²) >= 11 is 12.0. The highest BCUT2D eigenvalue weighted by Crippen LogP contribution is 2.48. The Kier molecular flexibility index (Phi) is 10.6. The molecule has 35 heavy (non-hydrogen) atoms. The maximum absolute atomic E-state index is 6.57. The van der Waals surface area contributed by atoms with Crippen molar-refractivity contribution in [2.24, 2.45) is 0 Å². The monoisotopic (exact) mass is 654 g/mol. The Morgan fingerprint density at radius 2 is 1.23 bits per heavy atom. The molecule has 4 rings (SSSR count). The fourth-order valence-electron chi connectivity index (χ4n) is 4.47. The second-order valence-electron chi connectivity index (χ2n) is 8.90. The van der Waals surface area contributed by atoms with Gasteiger partial charge in [-0.3, -0.25) is 0 Å². The summed E-state index contributed by atoms with van der Waals surface area (Å²) < 4.78 is 18.2. The Bertz CT molecular complexity index is 1230. The van der Waals surface area contributed by atoms with Crippen LogP contribution in [0.4, 0.5) is 0 Å². The minimum Gasteiger partial charge on any atom is -0.493 e. The molecule has 0 atom stereocenters. The molecule has 0 spiro atoms. The Hall–Kier alpha value is -0.800. The standard InChI is InChI=1S/C27H32Br2N2OS3/c1-3-4-5-6-7-8-9-10-11-12-17-32-27-18(2)23(19-13-15-21(28)33-19)25-26(31-35-30-25)24(27)20-14-16-22(29)34-20/h13-16H,3-12,17H2,1-2H3. The lowest BCUT2D eigenvalue weighted by atomic mass is 9.98. The molecule has 3 heterocycles. The van der Waals surface area contributed by atoms with Gasteiger partial charge in [-0.25, -0.2) is 0 Å². The molecule has 8 heteroatoms. The van der Waals surface area contributed by atoms with Gasteiger partial charge >= 0.3 is 0 Å². The molecule has 0 aliphatic rings. The van der Waals surface area contributed by atoms with Crippen LogP contribution in [0.25, 0.3) is 31.9 Å². The third-order valence-corrected chi connectivity index (χ3v) is 10.1.